The van der Waals surface area contributed by atoms with Crippen molar-refractivity contribution in [1.29, 1.82) is 0 Å². The maximum absolute atomic E-state index is 2.72. The van der Waals surface area contributed by atoms with Gasteiger partial charge in [0.05, 0.1) is 0 Å². The average Bonchev–Trinajstić information content (AvgIpc) is 2.46. The van der Waals surface area contributed by atoms with Gasteiger partial charge in [-0.1, -0.05) is 67.0 Å². The second-order valence-electron chi connectivity index (χ2n) is 9.93. The lowest BCUT2D eigenvalue weighted by Gasteiger charge is -2.39. The van der Waals surface area contributed by atoms with Crippen molar-refractivity contribution < 1.29 is 0 Å². The van der Waals surface area contributed by atoms with Crippen LogP contribution in [-0.2, 0) is 0 Å². The third kappa shape index (κ3) is 6.37. The van der Waals surface area contributed by atoms with Crippen LogP contribution in [0.3, 0.4) is 0 Å². The highest BCUT2D eigenvalue weighted by Crippen LogP contribution is 2.42. The first kappa shape index (κ1) is 22.6. The van der Waals surface area contributed by atoms with E-state index in [-0.39, 0.29) is 17.0 Å². The Morgan fingerprint density at radius 1 is 0.708 bits per heavy atom. The summed E-state index contributed by atoms with van der Waals surface area (Å²) in [6.45, 7) is 14.7. The molecule has 2 aliphatic carbocycles. The van der Waals surface area contributed by atoms with Gasteiger partial charge < -0.3 is 0 Å². The van der Waals surface area contributed by atoms with Crippen molar-refractivity contribution in [2.24, 2.45) is 47.3 Å². The Balaban J connectivity index is 0.00000288. The zero-order valence-electron chi connectivity index (χ0n) is 17.3. The molecular weight excluding hydrogens is 355 g/mol. The van der Waals surface area contributed by atoms with Crippen molar-refractivity contribution in [2.45, 2.75) is 92.7 Å². The highest BCUT2D eigenvalue weighted by molar-refractivity contribution is 8.93. The van der Waals surface area contributed by atoms with Crippen LogP contribution < -0.4 is 0 Å². The van der Waals surface area contributed by atoms with E-state index in [4.69, 9.17) is 0 Å². The molecule has 2 rings (SSSR count). The van der Waals surface area contributed by atoms with Crippen LogP contribution in [0.25, 0.3) is 0 Å². The maximum atomic E-state index is 2.72. The van der Waals surface area contributed by atoms with E-state index in [1.54, 1.807) is 0 Å². The third-order valence-corrected chi connectivity index (χ3v) is 7.26. The summed E-state index contributed by atoms with van der Waals surface area (Å²) < 4.78 is 0. The second kappa shape index (κ2) is 10.6. The molecule has 6 atom stereocenters. The molecule has 0 aliphatic heterocycles. The Kier molecular flexibility index (Phi) is 10.0. The molecule has 0 spiro atoms. The van der Waals surface area contributed by atoms with Gasteiger partial charge in [-0.15, -0.1) is 17.0 Å². The SMILES string of the molecule is Br.CC(C)[C@H]1CC[C@H](C)C[C@H]1C[B]C[C@@H]1C[C@@H](C)CC[C@@H]1C(C)C. The molecule has 0 aromatic carbocycles. The zero-order valence-corrected chi connectivity index (χ0v) is 19.0. The smallest absolute Gasteiger partial charge is 0.110 e. The molecule has 1 radical (unpaired) electrons. The fourth-order valence-electron chi connectivity index (χ4n) is 5.87. The monoisotopic (exact) mass is 397 g/mol. The molecule has 0 aromatic heterocycles. The number of rotatable bonds is 6. The normalized spacial score (nSPS) is 37.3. The summed E-state index contributed by atoms with van der Waals surface area (Å²) in [6, 6.07) is 0. The minimum Gasteiger partial charge on any atom is -0.114 e. The van der Waals surface area contributed by atoms with Crippen molar-refractivity contribution in [3.05, 3.63) is 0 Å². The molecule has 0 nitrogen and oxygen atoms in total. The molecular formula is C22H43BBr. The largest absolute Gasteiger partial charge is 0.114 e. The lowest BCUT2D eigenvalue weighted by atomic mass is 9.54. The first-order valence-electron chi connectivity index (χ1n) is 10.7. The van der Waals surface area contributed by atoms with Gasteiger partial charge in [-0.25, -0.2) is 0 Å². The van der Waals surface area contributed by atoms with Crippen LogP contribution in [0.5, 0.6) is 0 Å². The van der Waals surface area contributed by atoms with Crippen LogP contribution in [-0.4, -0.2) is 7.28 Å². The van der Waals surface area contributed by atoms with Crippen LogP contribution in [0.4, 0.5) is 0 Å². The van der Waals surface area contributed by atoms with Gasteiger partial charge >= 0.3 is 0 Å². The molecule has 24 heavy (non-hydrogen) atoms. The van der Waals surface area contributed by atoms with E-state index in [9.17, 15) is 0 Å². The summed E-state index contributed by atoms with van der Waals surface area (Å²) in [6.07, 6.45) is 11.6. The molecule has 0 unspecified atom stereocenters. The van der Waals surface area contributed by atoms with E-state index in [0.717, 1.165) is 47.3 Å². The highest BCUT2D eigenvalue weighted by Gasteiger charge is 2.33. The van der Waals surface area contributed by atoms with Crippen LogP contribution in [0.2, 0.25) is 12.6 Å². The van der Waals surface area contributed by atoms with Gasteiger partial charge in [0.1, 0.15) is 7.28 Å². The van der Waals surface area contributed by atoms with Gasteiger partial charge in [-0.3, -0.25) is 0 Å². The summed E-state index contributed by atoms with van der Waals surface area (Å²) in [5.41, 5.74) is 0. The van der Waals surface area contributed by atoms with E-state index in [2.05, 4.69) is 48.8 Å². The van der Waals surface area contributed by atoms with Gasteiger partial charge in [-0.05, 0) is 73.0 Å². The van der Waals surface area contributed by atoms with Crippen molar-refractivity contribution in [1.82, 2.24) is 0 Å². The molecule has 0 aromatic rings. The van der Waals surface area contributed by atoms with Gasteiger partial charge in [-0.2, -0.15) is 0 Å². The van der Waals surface area contributed by atoms with Crippen molar-refractivity contribution in [2.75, 3.05) is 0 Å². The number of hydrogen-bond acceptors (Lipinski definition) is 0. The molecule has 2 heteroatoms. The molecule has 0 saturated heterocycles. The molecule has 0 bridgehead atoms. The highest BCUT2D eigenvalue weighted by atomic mass is 79.9. The minimum atomic E-state index is 0. The fourth-order valence-corrected chi connectivity index (χ4v) is 5.87. The first-order valence-corrected chi connectivity index (χ1v) is 10.7. The molecule has 0 N–H and O–H groups in total. The molecule has 2 saturated carbocycles. The van der Waals surface area contributed by atoms with Crippen molar-refractivity contribution in [3.63, 3.8) is 0 Å². The van der Waals surface area contributed by atoms with E-state index in [1.807, 2.05) is 0 Å². The van der Waals surface area contributed by atoms with Crippen LogP contribution in [0.15, 0.2) is 0 Å². The molecule has 2 fully saturated rings. The summed E-state index contributed by atoms with van der Waals surface area (Å²) in [5.74, 6) is 7.57. The van der Waals surface area contributed by atoms with Crippen LogP contribution >= 0.6 is 17.0 Å². The third-order valence-electron chi connectivity index (χ3n) is 7.26. The number of hydrogen-bond donors (Lipinski definition) is 0. The van der Waals surface area contributed by atoms with E-state index < -0.39 is 0 Å². The first-order chi connectivity index (χ1) is 10.9. The lowest BCUT2D eigenvalue weighted by Crippen LogP contribution is -2.31. The Labute approximate surface area is 164 Å². The Morgan fingerprint density at radius 3 is 1.42 bits per heavy atom. The van der Waals surface area contributed by atoms with E-state index in [0.29, 0.717) is 0 Å². The van der Waals surface area contributed by atoms with Crippen LogP contribution in [0, 0.1) is 47.3 Å². The zero-order chi connectivity index (χ0) is 17.0. The van der Waals surface area contributed by atoms with Crippen LogP contribution in [0.1, 0.15) is 80.1 Å². The Bertz CT molecular complexity index is 309. The molecule has 141 valence electrons. The van der Waals surface area contributed by atoms with E-state index >= 15 is 0 Å². The summed E-state index contributed by atoms with van der Waals surface area (Å²) in [4.78, 5) is 0. The second-order valence-corrected chi connectivity index (χ2v) is 9.93. The summed E-state index contributed by atoms with van der Waals surface area (Å²) in [7, 11) is 2.72. The van der Waals surface area contributed by atoms with Gasteiger partial charge in [0, 0.05) is 0 Å². The topological polar surface area (TPSA) is 0 Å². The molecule has 2 aliphatic rings. The Hall–Kier alpha value is 0.545. The van der Waals surface area contributed by atoms with Crippen molar-refractivity contribution >= 4 is 24.3 Å². The van der Waals surface area contributed by atoms with Gasteiger partial charge in [0.25, 0.3) is 0 Å². The van der Waals surface area contributed by atoms with Gasteiger partial charge in [0.2, 0.25) is 0 Å². The lowest BCUT2D eigenvalue weighted by molar-refractivity contribution is 0.152. The molecule has 0 heterocycles. The van der Waals surface area contributed by atoms with Crippen molar-refractivity contribution in [3.8, 4) is 0 Å². The fraction of sp³-hybridized carbons (Fsp3) is 1.00. The average molecular weight is 398 g/mol. The number of halogens is 1. The predicted octanol–water partition coefficient (Wildman–Crippen LogP) is 7.52. The summed E-state index contributed by atoms with van der Waals surface area (Å²) in [5, 5.41) is 0. The Morgan fingerprint density at radius 2 is 1.08 bits per heavy atom. The quantitative estimate of drug-likeness (QED) is 0.406. The van der Waals surface area contributed by atoms with Gasteiger partial charge in [0.15, 0.2) is 0 Å². The summed E-state index contributed by atoms with van der Waals surface area (Å²) >= 11 is 0. The maximum Gasteiger partial charge on any atom is 0.110 e. The van der Waals surface area contributed by atoms with E-state index in [1.165, 1.54) is 51.2 Å². The standard InChI is InChI=1S/C22H42B.BrH/c1-15(2)21-9-7-17(5)11-19(21)13-23-14-20-12-18(6)8-10-22(20)16(3)4;/h15-22H,7-14H2,1-6H3;1H/t17-,18-,19-,20-,21+,22+;/m0./s1. The molecule has 0 amide bonds. The predicted molar refractivity (Wildman–Crippen MR) is 115 cm³/mol. The minimum absolute atomic E-state index is 0.